The zero-order chi connectivity index (χ0) is 37.7. The molecule has 3 aromatic carbocycles. The summed E-state index contributed by atoms with van der Waals surface area (Å²) in [4.78, 5) is 50.9. The molecule has 274 valence electrons. The number of oxime groups is 1. The first kappa shape index (κ1) is 39.6. The van der Waals surface area contributed by atoms with Crippen LogP contribution in [0, 0.1) is 6.92 Å². The van der Waals surface area contributed by atoms with Gasteiger partial charge < -0.3 is 46.4 Å². The van der Waals surface area contributed by atoms with E-state index in [1.165, 1.54) is 0 Å². The summed E-state index contributed by atoms with van der Waals surface area (Å²) in [6.45, 7) is 12.6. The molecule has 51 heavy (non-hydrogen) atoms. The summed E-state index contributed by atoms with van der Waals surface area (Å²) in [5, 5.41) is 23.4. The molecular formula is C37H48N6O8. The Hall–Kier alpha value is -5.79. The number of esters is 1. The van der Waals surface area contributed by atoms with E-state index in [1.54, 1.807) is 76.2 Å². The number of nitrogens with two attached hydrogens (primary N) is 1. The van der Waals surface area contributed by atoms with Crippen LogP contribution in [-0.2, 0) is 32.0 Å². The van der Waals surface area contributed by atoms with Crippen molar-refractivity contribution in [3.63, 3.8) is 0 Å². The van der Waals surface area contributed by atoms with E-state index in [0.717, 1.165) is 11.1 Å². The summed E-state index contributed by atoms with van der Waals surface area (Å²) in [6, 6.07) is 15.4. The minimum absolute atomic E-state index is 0.0530. The Balaban J connectivity index is 1.93. The van der Waals surface area contributed by atoms with Crippen molar-refractivity contribution < 1.29 is 38.6 Å². The molecule has 0 aromatic heterocycles. The van der Waals surface area contributed by atoms with E-state index in [4.69, 9.17) is 25.2 Å². The van der Waals surface area contributed by atoms with Gasteiger partial charge in [0, 0.05) is 41.7 Å². The topological polar surface area (TPSA) is 203 Å². The van der Waals surface area contributed by atoms with Gasteiger partial charge in [-0.1, -0.05) is 16.8 Å². The maximum atomic E-state index is 13.5. The van der Waals surface area contributed by atoms with Crippen molar-refractivity contribution in [3.05, 3.63) is 82.4 Å². The number of alkyl carbamates (subject to hydrolysis) is 1. The summed E-state index contributed by atoms with van der Waals surface area (Å²) in [7, 11) is 0. The maximum Gasteiger partial charge on any atom is 0.408 e. The summed E-state index contributed by atoms with van der Waals surface area (Å²) >= 11 is 0. The summed E-state index contributed by atoms with van der Waals surface area (Å²) in [6.07, 6.45) is -0.583. The van der Waals surface area contributed by atoms with Gasteiger partial charge in [-0.05, 0) is 108 Å². The number of aryl methyl sites for hydroxylation is 1. The predicted octanol–water partition coefficient (Wildman–Crippen LogP) is 5.70. The molecule has 0 aliphatic rings. The van der Waals surface area contributed by atoms with E-state index in [1.807, 2.05) is 26.8 Å². The number of ether oxygens (including phenoxy) is 3. The zero-order valence-electron chi connectivity index (χ0n) is 30.1. The average molecular weight is 705 g/mol. The smallest absolute Gasteiger partial charge is 0.408 e. The number of hydrogen-bond acceptors (Lipinski definition) is 10. The maximum absolute atomic E-state index is 13.5. The molecule has 0 heterocycles. The molecule has 3 aromatic rings. The van der Waals surface area contributed by atoms with E-state index in [2.05, 4.69) is 26.4 Å². The van der Waals surface area contributed by atoms with Crippen LogP contribution in [-0.4, -0.2) is 59.8 Å². The Morgan fingerprint density at radius 2 is 1.67 bits per heavy atom. The Kier molecular flexibility index (Phi) is 14.2. The number of anilines is 3. The van der Waals surface area contributed by atoms with Gasteiger partial charge in [-0.15, -0.1) is 0 Å². The number of amides is 3. The number of nitrogens with one attached hydrogen (secondary N) is 4. The summed E-state index contributed by atoms with van der Waals surface area (Å²) in [5.74, 6) is -0.827. The highest BCUT2D eigenvalue weighted by molar-refractivity contribution is 6.08. The van der Waals surface area contributed by atoms with E-state index < -0.39 is 17.6 Å². The van der Waals surface area contributed by atoms with Crippen LogP contribution in [0.1, 0.15) is 80.6 Å². The molecule has 0 atom stereocenters. The monoisotopic (exact) mass is 704 g/mol. The molecule has 7 N–H and O–H groups in total. The molecule has 0 saturated carbocycles. The lowest BCUT2D eigenvalue weighted by molar-refractivity contribution is -0.143. The van der Waals surface area contributed by atoms with Crippen LogP contribution >= 0.6 is 0 Å². The Labute approximate surface area is 298 Å². The fraction of sp³-hybridized carbons (Fsp3) is 0.378. The quantitative estimate of drug-likeness (QED) is 0.0375. The van der Waals surface area contributed by atoms with Crippen molar-refractivity contribution in [3.8, 4) is 5.75 Å². The molecule has 0 spiro atoms. The lowest BCUT2D eigenvalue weighted by Crippen LogP contribution is -2.37. The normalized spacial score (nSPS) is 11.4. The van der Waals surface area contributed by atoms with Crippen LogP contribution in [0.25, 0.3) is 0 Å². The third kappa shape index (κ3) is 12.9. The first-order valence-electron chi connectivity index (χ1n) is 16.6. The van der Waals surface area contributed by atoms with Gasteiger partial charge in [0.1, 0.15) is 17.9 Å². The average Bonchev–Trinajstić information content (AvgIpc) is 3.05. The predicted molar refractivity (Wildman–Crippen MR) is 195 cm³/mol. The fourth-order valence-corrected chi connectivity index (χ4v) is 4.88. The van der Waals surface area contributed by atoms with E-state index in [9.17, 15) is 19.2 Å². The van der Waals surface area contributed by atoms with Gasteiger partial charge in [0.2, 0.25) is 5.91 Å². The summed E-state index contributed by atoms with van der Waals surface area (Å²) in [5.41, 5.74) is 9.51. The minimum atomic E-state index is -0.725. The SMILES string of the molecule is CCOC(=O)CCc1c(CNc2ccc(C)cc2C(=O)Nc2ccc(C(N)=NO)cc2)cc(NC(=O)CNC(=O)OC(C)(C)C)cc1OC(C)C. The highest BCUT2D eigenvalue weighted by Crippen LogP contribution is 2.31. The first-order chi connectivity index (χ1) is 24.1. The van der Waals surface area contributed by atoms with Gasteiger partial charge >= 0.3 is 12.1 Å². The highest BCUT2D eigenvalue weighted by atomic mass is 16.6. The zero-order valence-corrected chi connectivity index (χ0v) is 30.1. The van der Waals surface area contributed by atoms with Crippen LogP contribution in [0.15, 0.2) is 59.8 Å². The molecule has 14 nitrogen and oxygen atoms in total. The number of nitrogens with zero attached hydrogens (tertiary/aromatic N) is 1. The third-order valence-electron chi connectivity index (χ3n) is 7.06. The lowest BCUT2D eigenvalue weighted by atomic mass is 9.99. The molecule has 0 unspecified atom stereocenters. The van der Waals surface area contributed by atoms with Gasteiger partial charge in [-0.2, -0.15) is 0 Å². The Morgan fingerprint density at radius 1 is 0.961 bits per heavy atom. The standard InChI is InChI=1S/C37H48N6O8/c1-8-49-33(45)16-14-28-25(18-27(19-31(28)50-22(2)3)41-32(44)21-40-36(47)51-37(5,6)7)20-39-30-15-9-23(4)17-29(30)35(46)42-26-12-10-24(11-13-26)34(38)43-48/h9-13,15,17-19,22,39,48H,8,14,16,20-21H2,1-7H3,(H2,38,43)(H,40,47)(H,41,44)(H,42,46). The molecular weight excluding hydrogens is 656 g/mol. The fourth-order valence-electron chi connectivity index (χ4n) is 4.88. The Bertz CT molecular complexity index is 1730. The van der Waals surface area contributed by atoms with Crippen LogP contribution in [0.4, 0.5) is 21.9 Å². The van der Waals surface area contributed by atoms with Crippen LogP contribution in [0.5, 0.6) is 5.75 Å². The van der Waals surface area contributed by atoms with E-state index in [0.29, 0.717) is 39.5 Å². The van der Waals surface area contributed by atoms with Gasteiger partial charge in [0.05, 0.1) is 18.3 Å². The van der Waals surface area contributed by atoms with E-state index >= 15 is 0 Å². The van der Waals surface area contributed by atoms with Gasteiger partial charge in [0.25, 0.3) is 5.91 Å². The van der Waals surface area contributed by atoms with Crippen molar-refractivity contribution >= 4 is 46.8 Å². The molecule has 0 radical (unpaired) electrons. The second kappa shape index (κ2) is 18.3. The van der Waals surface area contributed by atoms with Gasteiger partial charge in [-0.25, -0.2) is 4.79 Å². The van der Waals surface area contributed by atoms with Crippen molar-refractivity contribution in [2.24, 2.45) is 10.9 Å². The molecule has 14 heteroatoms. The number of carbonyl (C=O) groups excluding carboxylic acids is 4. The third-order valence-corrected chi connectivity index (χ3v) is 7.06. The molecule has 3 rings (SSSR count). The van der Waals surface area contributed by atoms with Crippen molar-refractivity contribution in [2.45, 2.75) is 79.6 Å². The van der Waals surface area contributed by atoms with Crippen molar-refractivity contribution in [1.29, 1.82) is 0 Å². The lowest BCUT2D eigenvalue weighted by Gasteiger charge is -2.21. The number of benzene rings is 3. The molecule has 0 fully saturated rings. The van der Waals surface area contributed by atoms with Crippen LogP contribution < -0.4 is 31.7 Å². The van der Waals surface area contributed by atoms with Crippen LogP contribution in [0.3, 0.4) is 0 Å². The highest BCUT2D eigenvalue weighted by Gasteiger charge is 2.20. The van der Waals surface area contributed by atoms with Crippen molar-refractivity contribution in [2.75, 3.05) is 29.1 Å². The van der Waals surface area contributed by atoms with Gasteiger partial charge in [0.15, 0.2) is 5.84 Å². The van der Waals surface area contributed by atoms with Crippen molar-refractivity contribution in [1.82, 2.24) is 5.32 Å². The van der Waals surface area contributed by atoms with Gasteiger partial charge in [-0.3, -0.25) is 14.4 Å². The Morgan fingerprint density at radius 3 is 2.29 bits per heavy atom. The molecule has 0 aliphatic heterocycles. The van der Waals surface area contributed by atoms with E-state index in [-0.39, 0.29) is 56.4 Å². The molecule has 0 aliphatic carbocycles. The largest absolute Gasteiger partial charge is 0.491 e. The second-order valence-electron chi connectivity index (χ2n) is 12.9. The summed E-state index contributed by atoms with van der Waals surface area (Å²) < 4.78 is 16.5. The van der Waals surface area contributed by atoms with Crippen LogP contribution in [0.2, 0.25) is 0 Å². The number of carbonyl (C=O) groups is 4. The minimum Gasteiger partial charge on any atom is -0.491 e. The molecule has 3 amide bonds. The first-order valence-corrected chi connectivity index (χ1v) is 16.6. The molecule has 0 bridgehead atoms. The number of hydrogen-bond donors (Lipinski definition) is 6. The second-order valence-corrected chi connectivity index (χ2v) is 12.9. The number of rotatable bonds is 15. The molecule has 0 saturated heterocycles. The number of amidine groups is 1.